The maximum Gasteiger partial charge on any atom is 0.224 e. The van der Waals surface area contributed by atoms with Crippen LogP contribution in [0.4, 0.5) is 17.5 Å². The van der Waals surface area contributed by atoms with E-state index in [-0.39, 0.29) is 12.1 Å². The van der Waals surface area contributed by atoms with Crippen molar-refractivity contribution in [2.45, 2.75) is 37.8 Å². The van der Waals surface area contributed by atoms with Gasteiger partial charge < -0.3 is 16.4 Å². The average Bonchev–Trinajstić information content (AvgIpc) is 3.19. The molecule has 0 bridgehead atoms. The zero-order valence-electron chi connectivity index (χ0n) is 14.4. The molecule has 3 aromatic rings. The van der Waals surface area contributed by atoms with E-state index in [2.05, 4.69) is 37.7 Å². The molecular weight excluding hydrogens is 344 g/mol. The van der Waals surface area contributed by atoms with Gasteiger partial charge in [-0.25, -0.2) is 9.97 Å². The van der Waals surface area contributed by atoms with Gasteiger partial charge in [-0.3, -0.25) is 0 Å². The number of hydrogen-bond donors (Lipinski definition) is 3. The topological polar surface area (TPSA) is 88.8 Å². The van der Waals surface area contributed by atoms with E-state index in [0.717, 1.165) is 35.6 Å². The van der Waals surface area contributed by atoms with Crippen molar-refractivity contribution in [2.24, 2.45) is 5.73 Å². The number of hydrogen-bond acceptors (Lipinski definition) is 7. The molecule has 0 radical (unpaired) electrons. The molecule has 2 aromatic heterocycles. The van der Waals surface area contributed by atoms with Crippen LogP contribution in [0.15, 0.2) is 47.4 Å². The molecule has 0 aliphatic heterocycles. The summed E-state index contributed by atoms with van der Waals surface area (Å²) in [6.07, 6.45) is 6.30. The first-order valence-corrected chi connectivity index (χ1v) is 9.83. The van der Waals surface area contributed by atoms with Crippen molar-refractivity contribution in [2.75, 3.05) is 10.6 Å². The second kappa shape index (κ2) is 7.80. The zero-order chi connectivity index (χ0) is 17.8. The van der Waals surface area contributed by atoms with E-state index in [1.807, 2.05) is 29.1 Å². The quantitative estimate of drug-likeness (QED) is 0.632. The Kier molecular flexibility index (Phi) is 5.08. The molecular formula is C19H22N6S. The van der Waals surface area contributed by atoms with Gasteiger partial charge in [0.15, 0.2) is 0 Å². The van der Waals surface area contributed by atoms with Crippen molar-refractivity contribution in [3.63, 3.8) is 0 Å². The number of nitrogens with zero attached hydrogens (tertiary/aromatic N) is 3. The predicted octanol–water partition coefficient (Wildman–Crippen LogP) is 4.03. The summed E-state index contributed by atoms with van der Waals surface area (Å²) in [5.74, 6) is 1.38. The lowest BCUT2D eigenvalue weighted by atomic mass is 9.91. The number of benzene rings is 1. The third-order valence-corrected chi connectivity index (χ3v) is 5.26. The maximum absolute atomic E-state index is 6.20. The Morgan fingerprint density at radius 1 is 1.04 bits per heavy atom. The van der Waals surface area contributed by atoms with Crippen molar-refractivity contribution in [3.8, 4) is 11.3 Å². The SMILES string of the molecule is N[C@H]1CCCC[C@H]1Nc1nccc(Nc2ccc(-c3cscn3)cc2)n1. The number of anilines is 3. The minimum atomic E-state index is 0.169. The van der Waals surface area contributed by atoms with Crippen LogP contribution in [0.2, 0.25) is 0 Å². The second-order valence-corrected chi connectivity index (χ2v) is 7.26. The summed E-state index contributed by atoms with van der Waals surface area (Å²) in [5, 5.41) is 8.76. The van der Waals surface area contributed by atoms with Gasteiger partial charge in [-0.15, -0.1) is 11.3 Å². The molecule has 26 heavy (non-hydrogen) atoms. The molecule has 2 atom stereocenters. The van der Waals surface area contributed by atoms with Crippen LogP contribution in [0.5, 0.6) is 0 Å². The summed E-state index contributed by atoms with van der Waals surface area (Å²) < 4.78 is 0. The van der Waals surface area contributed by atoms with E-state index in [4.69, 9.17) is 5.73 Å². The van der Waals surface area contributed by atoms with Crippen molar-refractivity contribution in [1.82, 2.24) is 15.0 Å². The summed E-state index contributed by atoms with van der Waals surface area (Å²) in [6, 6.07) is 10.4. The molecule has 0 spiro atoms. The number of nitrogens with two attached hydrogens (primary N) is 1. The molecule has 0 saturated heterocycles. The van der Waals surface area contributed by atoms with Gasteiger partial charge in [0, 0.05) is 34.9 Å². The highest BCUT2D eigenvalue weighted by atomic mass is 32.1. The lowest BCUT2D eigenvalue weighted by molar-refractivity contribution is 0.402. The minimum absolute atomic E-state index is 0.169. The van der Waals surface area contributed by atoms with Crippen LogP contribution in [-0.2, 0) is 0 Å². The number of rotatable bonds is 5. The first kappa shape index (κ1) is 16.9. The van der Waals surface area contributed by atoms with Crippen LogP contribution in [-0.4, -0.2) is 27.0 Å². The summed E-state index contributed by atoms with van der Waals surface area (Å²) in [5.41, 5.74) is 11.1. The molecule has 4 N–H and O–H groups in total. The van der Waals surface area contributed by atoms with Gasteiger partial charge in [0.1, 0.15) is 5.82 Å². The highest BCUT2D eigenvalue weighted by Crippen LogP contribution is 2.23. The normalized spacial score (nSPS) is 19.9. The van der Waals surface area contributed by atoms with Crippen molar-refractivity contribution >= 4 is 28.8 Å². The Bertz CT molecular complexity index is 834. The summed E-state index contributed by atoms with van der Waals surface area (Å²) >= 11 is 1.60. The van der Waals surface area contributed by atoms with Gasteiger partial charge in [0.05, 0.1) is 11.2 Å². The molecule has 1 aliphatic rings. The van der Waals surface area contributed by atoms with E-state index >= 15 is 0 Å². The Hall–Kier alpha value is -2.51. The van der Waals surface area contributed by atoms with Crippen LogP contribution in [0.3, 0.4) is 0 Å². The Morgan fingerprint density at radius 2 is 1.88 bits per heavy atom. The van der Waals surface area contributed by atoms with Crippen LogP contribution in [0.25, 0.3) is 11.3 Å². The fraction of sp³-hybridized carbons (Fsp3) is 0.316. The fourth-order valence-electron chi connectivity index (χ4n) is 3.23. The molecule has 134 valence electrons. The minimum Gasteiger partial charge on any atom is -0.350 e. The maximum atomic E-state index is 6.20. The van der Waals surface area contributed by atoms with Crippen LogP contribution in [0, 0.1) is 0 Å². The smallest absolute Gasteiger partial charge is 0.224 e. The van der Waals surface area contributed by atoms with Crippen LogP contribution < -0.4 is 16.4 Å². The van der Waals surface area contributed by atoms with E-state index in [1.54, 1.807) is 17.5 Å². The Morgan fingerprint density at radius 3 is 2.65 bits per heavy atom. The highest BCUT2D eigenvalue weighted by Gasteiger charge is 2.22. The molecule has 7 heteroatoms. The summed E-state index contributed by atoms with van der Waals surface area (Å²) in [7, 11) is 0. The number of thiazole rings is 1. The molecule has 0 amide bonds. The highest BCUT2D eigenvalue weighted by molar-refractivity contribution is 7.07. The van der Waals surface area contributed by atoms with E-state index in [0.29, 0.717) is 5.95 Å². The Balaban J connectivity index is 1.43. The zero-order valence-corrected chi connectivity index (χ0v) is 15.2. The third kappa shape index (κ3) is 4.00. The van der Waals surface area contributed by atoms with Gasteiger partial charge in [0.25, 0.3) is 0 Å². The van der Waals surface area contributed by atoms with Gasteiger partial charge in [0.2, 0.25) is 5.95 Å². The molecule has 6 nitrogen and oxygen atoms in total. The molecule has 1 fully saturated rings. The number of aromatic nitrogens is 3. The van der Waals surface area contributed by atoms with Gasteiger partial charge in [-0.1, -0.05) is 25.0 Å². The summed E-state index contributed by atoms with van der Waals surface area (Å²) in [4.78, 5) is 13.2. The average molecular weight is 366 g/mol. The standard InChI is InChI=1S/C19H22N6S/c20-15-3-1-2-4-16(15)24-19-21-10-9-18(25-19)23-14-7-5-13(6-8-14)17-11-26-12-22-17/h5-12,15-16H,1-4,20H2,(H2,21,23,24,25)/t15-,16+/m0/s1. The van der Waals surface area contributed by atoms with Gasteiger partial charge in [-0.05, 0) is 31.0 Å². The first-order chi connectivity index (χ1) is 12.8. The fourth-order valence-corrected chi connectivity index (χ4v) is 3.79. The third-order valence-electron chi connectivity index (χ3n) is 4.67. The van der Waals surface area contributed by atoms with E-state index < -0.39 is 0 Å². The lowest BCUT2D eigenvalue weighted by Crippen LogP contribution is -2.42. The van der Waals surface area contributed by atoms with E-state index in [1.165, 1.54) is 12.8 Å². The van der Waals surface area contributed by atoms with Crippen molar-refractivity contribution < 1.29 is 0 Å². The lowest BCUT2D eigenvalue weighted by Gasteiger charge is -2.29. The Labute approximate surface area is 156 Å². The van der Waals surface area contributed by atoms with Crippen LogP contribution >= 0.6 is 11.3 Å². The first-order valence-electron chi connectivity index (χ1n) is 8.89. The molecule has 0 unspecified atom stereocenters. The van der Waals surface area contributed by atoms with Gasteiger partial charge in [-0.2, -0.15) is 4.98 Å². The summed E-state index contributed by atoms with van der Waals surface area (Å²) in [6.45, 7) is 0. The molecule has 2 heterocycles. The molecule has 1 saturated carbocycles. The number of nitrogens with one attached hydrogen (secondary N) is 2. The molecule has 4 rings (SSSR count). The van der Waals surface area contributed by atoms with Crippen molar-refractivity contribution in [3.05, 3.63) is 47.4 Å². The van der Waals surface area contributed by atoms with Crippen molar-refractivity contribution in [1.29, 1.82) is 0 Å². The van der Waals surface area contributed by atoms with E-state index in [9.17, 15) is 0 Å². The predicted molar refractivity (Wildman–Crippen MR) is 107 cm³/mol. The largest absolute Gasteiger partial charge is 0.350 e. The van der Waals surface area contributed by atoms with Gasteiger partial charge >= 0.3 is 0 Å². The second-order valence-electron chi connectivity index (χ2n) is 6.54. The monoisotopic (exact) mass is 366 g/mol. The van der Waals surface area contributed by atoms with Crippen LogP contribution in [0.1, 0.15) is 25.7 Å². The molecule has 1 aliphatic carbocycles. The molecule has 1 aromatic carbocycles.